The zero-order valence-corrected chi connectivity index (χ0v) is 20.6. The minimum atomic E-state index is -0.282. The Labute approximate surface area is 210 Å². The molecule has 0 aliphatic carbocycles. The topological polar surface area (TPSA) is 101 Å². The van der Waals surface area contributed by atoms with E-state index in [4.69, 9.17) is 0 Å². The largest absolute Gasteiger partial charge is 0.326 e. The molecule has 3 heterocycles. The second kappa shape index (κ2) is 9.89. The van der Waals surface area contributed by atoms with Crippen molar-refractivity contribution in [1.29, 1.82) is 0 Å². The van der Waals surface area contributed by atoms with Gasteiger partial charge in [0.1, 0.15) is 15.7 Å². The van der Waals surface area contributed by atoms with Gasteiger partial charge in [0, 0.05) is 29.5 Å². The lowest BCUT2D eigenvalue weighted by molar-refractivity contribution is -0.118. The molecule has 0 spiro atoms. The normalized spacial score (nSPS) is 12.7. The number of aryl methyl sites for hydroxylation is 2. The molecule has 35 heavy (non-hydrogen) atoms. The summed E-state index contributed by atoms with van der Waals surface area (Å²) in [4.78, 5) is 46.4. The van der Waals surface area contributed by atoms with Crippen molar-refractivity contribution in [3.63, 3.8) is 0 Å². The average Bonchev–Trinajstić information content (AvgIpc) is 3.45. The summed E-state index contributed by atoms with van der Waals surface area (Å²) in [5.41, 5.74) is 5.18. The van der Waals surface area contributed by atoms with Gasteiger partial charge in [-0.05, 0) is 36.6 Å². The van der Waals surface area contributed by atoms with E-state index >= 15 is 0 Å². The number of carbonyl (C=O) groups excluding carboxylic acids is 3. The molecule has 2 N–H and O–H groups in total. The van der Waals surface area contributed by atoms with Crippen LogP contribution in [0.2, 0.25) is 0 Å². The molecule has 0 fully saturated rings. The summed E-state index contributed by atoms with van der Waals surface area (Å²) in [5.74, 6) is -0.187. The molecular formula is C26H22N4O3S2. The number of Topliss-reactive ketones (excluding diaryl/α,β-unsaturated/α-hetero) is 1. The SMILES string of the molecule is Cc1nc(CC(=O)Cc2ccccc2)sc1C(=O)Nc1nc(-c2ccc3c(c2)CCC(=O)N3)cs1. The first kappa shape index (κ1) is 23.1. The predicted molar refractivity (Wildman–Crippen MR) is 138 cm³/mol. The highest BCUT2D eigenvalue weighted by molar-refractivity contribution is 7.15. The first-order chi connectivity index (χ1) is 16.9. The number of carbonyl (C=O) groups is 3. The number of amides is 2. The van der Waals surface area contributed by atoms with Crippen LogP contribution >= 0.6 is 22.7 Å². The molecule has 0 unspecified atom stereocenters. The van der Waals surface area contributed by atoms with Crippen molar-refractivity contribution in [2.45, 2.75) is 32.6 Å². The van der Waals surface area contributed by atoms with Crippen LogP contribution in [0.1, 0.15) is 37.9 Å². The first-order valence-corrected chi connectivity index (χ1v) is 12.9. The third-order valence-electron chi connectivity index (χ3n) is 5.66. The molecule has 1 aliphatic heterocycles. The molecule has 0 atom stereocenters. The molecule has 176 valence electrons. The highest BCUT2D eigenvalue weighted by Crippen LogP contribution is 2.31. The van der Waals surface area contributed by atoms with Crippen LogP contribution < -0.4 is 10.6 Å². The number of ketones is 1. The summed E-state index contributed by atoms with van der Waals surface area (Å²) in [6.45, 7) is 1.77. The van der Waals surface area contributed by atoms with E-state index in [0.717, 1.165) is 28.1 Å². The Bertz CT molecular complexity index is 1430. The molecule has 0 radical (unpaired) electrons. The second-order valence-corrected chi connectivity index (χ2v) is 10.3. The smallest absolute Gasteiger partial charge is 0.269 e. The van der Waals surface area contributed by atoms with Gasteiger partial charge in [0.2, 0.25) is 5.91 Å². The van der Waals surface area contributed by atoms with E-state index in [1.54, 1.807) is 6.92 Å². The highest BCUT2D eigenvalue weighted by Gasteiger charge is 2.19. The molecule has 7 nitrogen and oxygen atoms in total. The number of nitrogens with zero attached hydrogens (tertiary/aromatic N) is 2. The number of fused-ring (bicyclic) bond motifs is 1. The number of hydrogen-bond donors (Lipinski definition) is 2. The Kier molecular flexibility index (Phi) is 6.52. The minimum absolute atomic E-state index is 0.0333. The monoisotopic (exact) mass is 502 g/mol. The maximum Gasteiger partial charge on any atom is 0.269 e. The molecule has 5 rings (SSSR count). The zero-order valence-electron chi connectivity index (χ0n) is 19.0. The van der Waals surface area contributed by atoms with Crippen LogP contribution in [0.5, 0.6) is 0 Å². The minimum Gasteiger partial charge on any atom is -0.326 e. The molecule has 2 amide bonds. The zero-order chi connectivity index (χ0) is 24.4. The lowest BCUT2D eigenvalue weighted by Crippen LogP contribution is -2.18. The fourth-order valence-electron chi connectivity index (χ4n) is 3.95. The number of aromatic nitrogens is 2. The number of anilines is 2. The van der Waals surface area contributed by atoms with Crippen LogP contribution in [0.4, 0.5) is 10.8 Å². The Morgan fingerprint density at radius 3 is 2.71 bits per heavy atom. The van der Waals surface area contributed by atoms with Gasteiger partial charge in [-0.1, -0.05) is 36.4 Å². The number of benzene rings is 2. The third kappa shape index (κ3) is 5.36. The lowest BCUT2D eigenvalue weighted by atomic mass is 9.99. The molecular weight excluding hydrogens is 480 g/mol. The number of hydrogen-bond acceptors (Lipinski definition) is 7. The summed E-state index contributed by atoms with van der Waals surface area (Å²) in [6.07, 6.45) is 1.72. The molecule has 2 aromatic heterocycles. The van der Waals surface area contributed by atoms with Gasteiger partial charge in [-0.25, -0.2) is 9.97 Å². The van der Waals surface area contributed by atoms with E-state index < -0.39 is 0 Å². The summed E-state index contributed by atoms with van der Waals surface area (Å²) in [6, 6.07) is 15.4. The second-order valence-electron chi connectivity index (χ2n) is 8.31. The third-order valence-corrected chi connectivity index (χ3v) is 7.57. The average molecular weight is 503 g/mol. The van der Waals surface area contributed by atoms with Crippen molar-refractivity contribution in [2.24, 2.45) is 0 Å². The van der Waals surface area contributed by atoms with E-state index in [9.17, 15) is 14.4 Å². The summed E-state index contributed by atoms with van der Waals surface area (Å²) < 4.78 is 0. The lowest BCUT2D eigenvalue weighted by Gasteiger charge is -2.17. The van der Waals surface area contributed by atoms with Crippen LogP contribution in [0.3, 0.4) is 0 Å². The predicted octanol–water partition coefficient (Wildman–Crippen LogP) is 5.07. The summed E-state index contributed by atoms with van der Waals surface area (Å²) >= 11 is 2.59. The molecule has 2 aromatic carbocycles. The van der Waals surface area contributed by atoms with Crippen molar-refractivity contribution >= 4 is 51.1 Å². The molecule has 0 saturated carbocycles. The van der Waals surface area contributed by atoms with Crippen molar-refractivity contribution in [3.8, 4) is 11.3 Å². The fourth-order valence-corrected chi connectivity index (χ4v) is 5.66. The molecule has 9 heteroatoms. The van der Waals surface area contributed by atoms with Crippen LogP contribution in [0.25, 0.3) is 11.3 Å². The van der Waals surface area contributed by atoms with Crippen molar-refractivity contribution in [3.05, 3.63) is 80.6 Å². The molecule has 0 bridgehead atoms. The van der Waals surface area contributed by atoms with Crippen molar-refractivity contribution in [2.75, 3.05) is 10.6 Å². The number of rotatable bonds is 7. The Morgan fingerprint density at radius 1 is 1.06 bits per heavy atom. The molecule has 4 aromatic rings. The van der Waals surface area contributed by atoms with Crippen LogP contribution in [0.15, 0.2) is 53.9 Å². The number of nitrogens with one attached hydrogen (secondary N) is 2. The van der Waals surface area contributed by atoms with Crippen LogP contribution in [-0.4, -0.2) is 27.6 Å². The van der Waals surface area contributed by atoms with Gasteiger partial charge in [-0.15, -0.1) is 22.7 Å². The van der Waals surface area contributed by atoms with Crippen molar-refractivity contribution < 1.29 is 14.4 Å². The van der Waals surface area contributed by atoms with Gasteiger partial charge >= 0.3 is 0 Å². The van der Waals surface area contributed by atoms with E-state index in [-0.39, 0.29) is 24.0 Å². The van der Waals surface area contributed by atoms with Crippen LogP contribution in [-0.2, 0) is 28.9 Å². The van der Waals surface area contributed by atoms with E-state index in [1.807, 2.05) is 53.9 Å². The van der Waals surface area contributed by atoms with Gasteiger partial charge < -0.3 is 5.32 Å². The summed E-state index contributed by atoms with van der Waals surface area (Å²) in [7, 11) is 0. The summed E-state index contributed by atoms with van der Waals surface area (Å²) in [5, 5.41) is 8.76. The van der Waals surface area contributed by atoms with Gasteiger partial charge in [-0.2, -0.15) is 0 Å². The molecule has 1 aliphatic rings. The number of thiazole rings is 2. The van der Waals surface area contributed by atoms with E-state index in [1.165, 1.54) is 22.7 Å². The van der Waals surface area contributed by atoms with Gasteiger partial charge in [-0.3, -0.25) is 19.7 Å². The Morgan fingerprint density at radius 2 is 1.89 bits per heavy atom. The van der Waals surface area contributed by atoms with E-state index in [0.29, 0.717) is 40.0 Å². The van der Waals surface area contributed by atoms with Gasteiger partial charge in [0.25, 0.3) is 5.91 Å². The van der Waals surface area contributed by atoms with Crippen LogP contribution in [0, 0.1) is 6.92 Å². The van der Waals surface area contributed by atoms with Crippen molar-refractivity contribution in [1.82, 2.24) is 9.97 Å². The highest BCUT2D eigenvalue weighted by atomic mass is 32.1. The van der Waals surface area contributed by atoms with Gasteiger partial charge in [0.15, 0.2) is 5.13 Å². The maximum atomic E-state index is 12.9. The molecule has 0 saturated heterocycles. The Balaban J connectivity index is 1.24. The van der Waals surface area contributed by atoms with Gasteiger partial charge in [0.05, 0.1) is 17.8 Å². The quantitative estimate of drug-likeness (QED) is 0.368. The fraction of sp³-hybridized carbons (Fsp3) is 0.192. The Hall–Kier alpha value is -3.69. The standard InChI is InChI=1S/C26H22N4O3S2/c1-15-24(35-23(27-15)13-19(31)11-16-5-3-2-4-6-16)25(33)30-26-29-21(14-34-26)18-7-9-20-17(12-18)8-10-22(32)28-20/h2-7,9,12,14H,8,10-11,13H2,1H3,(H,28,32)(H,29,30,33). The first-order valence-electron chi connectivity index (χ1n) is 11.2. The van der Waals surface area contributed by atoms with E-state index in [2.05, 4.69) is 20.6 Å². The maximum absolute atomic E-state index is 12.9.